The average molecular weight is 716 g/mol. The molecule has 0 aliphatic heterocycles. The zero-order chi connectivity index (χ0) is 34.4. The van der Waals surface area contributed by atoms with Crippen LogP contribution in [-0.4, -0.2) is 37.1 Å². The Morgan fingerprint density at radius 1 is 0.875 bits per heavy atom. The number of amides is 2. The molecule has 7 nitrogen and oxygen atoms in total. The molecule has 2 amide bonds. The van der Waals surface area contributed by atoms with Gasteiger partial charge in [0.25, 0.3) is 5.91 Å². The minimum Gasteiger partial charge on any atom is -0.748 e. The number of benzene rings is 4. The van der Waals surface area contributed by atoms with E-state index in [-0.39, 0.29) is 53.3 Å². The molecule has 0 heterocycles. The molecule has 0 bridgehead atoms. The second-order valence-electron chi connectivity index (χ2n) is 12.5. The van der Waals surface area contributed by atoms with Crippen molar-refractivity contribution >= 4 is 56.9 Å². The van der Waals surface area contributed by atoms with Crippen LogP contribution in [0.4, 0.5) is 5.69 Å². The van der Waals surface area contributed by atoms with E-state index in [9.17, 15) is 22.6 Å². The van der Waals surface area contributed by atoms with Crippen molar-refractivity contribution in [2.45, 2.75) is 39.5 Å². The molecular weight excluding hydrogens is 678 g/mol. The summed E-state index contributed by atoms with van der Waals surface area (Å²) in [5.74, 6) is -2.26. The van der Waals surface area contributed by atoms with Crippen LogP contribution in [0.15, 0.2) is 97.1 Å². The van der Waals surface area contributed by atoms with Gasteiger partial charge in [-0.3, -0.25) is 9.59 Å². The van der Waals surface area contributed by atoms with Crippen molar-refractivity contribution in [2.24, 2.45) is 5.41 Å². The van der Waals surface area contributed by atoms with E-state index >= 15 is 0 Å². The first-order chi connectivity index (χ1) is 22.1. The maximum absolute atomic E-state index is 14.0. The minimum atomic E-state index is -4.43. The predicted molar refractivity (Wildman–Crippen MR) is 190 cm³/mol. The summed E-state index contributed by atoms with van der Waals surface area (Å²) in [5, 5.41) is 6.59. The van der Waals surface area contributed by atoms with Crippen molar-refractivity contribution in [3.63, 3.8) is 0 Å². The van der Waals surface area contributed by atoms with Crippen molar-refractivity contribution in [1.82, 2.24) is 5.32 Å². The minimum absolute atomic E-state index is 0. The first kappa shape index (κ1) is 39.5. The van der Waals surface area contributed by atoms with Gasteiger partial charge in [0.15, 0.2) is 0 Å². The molecule has 0 aliphatic rings. The largest absolute Gasteiger partial charge is 1.00 e. The van der Waals surface area contributed by atoms with Crippen LogP contribution in [0.1, 0.15) is 66.6 Å². The Kier molecular flexibility index (Phi) is 14.1. The van der Waals surface area contributed by atoms with Gasteiger partial charge in [0.1, 0.15) is 0 Å². The number of nitrogens with one attached hydrogen (secondary N) is 2. The van der Waals surface area contributed by atoms with Crippen LogP contribution in [0, 0.1) is 5.41 Å². The van der Waals surface area contributed by atoms with Crippen LogP contribution < -0.4 is 40.2 Å². The monoisotopic (exact) mass is 714 g/mol. The first-order valence-corrected chi connectivity index (χ1v) is 17.4. The SMILES string of the molecule is CC(c1ccc(C(=O)NCCS(=O)(=O)[O-])cc1)C(C(=O)Nc1ccc(-c2ccc(Cl)cc2Cl)cc1)c1ccc(/C=C/C(C)(C)C)cc1.[Na+]. The van der Waals surface area contributed by atoms with Gasteiger partial charge in [0.05, 0.1) is 21.8 Å². The summed E-state index contributed by atoms with van der Waals surface area (Å²) < 4.78 is 32.6. The third-order valence-electron chi connectivity index (χ3n) is 7.58. The molecule has 2 atom stereocenters. The van der Waals surface area contributed by atoms with Gasteiger partial charge in [-0.2, -0.15) is 0 Å². The number of hydrogen-bond acceptors (Lipinski definition) is 5. The van der Waals surface area contributed by atoms with Crippen LogP contribution in [0.3, 0.4) is 0 Å². The molecule has 0 saturated carbocycles. The van der Waals surface area contributed by atoms with Gasteiger partial charge in [-0.05, 0) is 70.0 Å². The van der Waals surface area contributed by atoms with Crippen molar-refractivity contribution in [3.8, 4) is 11.1 Å². The molecule has 4 aromatic carbocycles. The van der Waals surface area contributed by atoms with Crippen LogP contribution in [0.5, 0.6) is 0 Å². The summed E-state index contributed by atoms with van der Waals surface area (Å²) in [5.41, 5.74) is 5.34. The fourth-order valence-corrected chi connectivity index (χ4v) is 5.90. The van der Waals surface area contributed by atoms with Gasteiger partial charge < -0.3 is 15.2 Å². The van der Waals surface area contributed by atoms with E-state index in [1.807, 2.05) is 61.5 Å². The molecule has 0 radical (unpaired) electrons. The van der Waals surface area contributed by atoms with E-state index in [1.165, 1.54) is 0 Å². The number of allylic oxidation sites excluding steroid dienone is 1. The van der Waals surface area contributed by atoms with Crippen LogP contribution in [-0.2, 0) is 14.9 Å². The molecule has 11 heteroatoms. The normalized spacial score (nSPS) is 13.0. The summed E-state index contributed by atoms with van der Waals surface area (Å²) in [7, 11) is -4.43. The van der Waals surface area contributed by atoms with E-state index in [4.69, 9.17) is 23.2 Å². The average Bonchev–Trinajstić information content (AvgIpc) is 3.00. The molecule has 4 rings (SSSR count). The summed E-state index contributed by atoms with van der Waals surface area (Å²) in [4.78, 5) is 26.5. The Bertz CT molecular complexity index is 1860. The van der Waals surface area contributed by atoms with Crippen molar-refractivity contribution in [2.75, 3.05) is 17.6 Å². The quantitative estimate of drug-likeness (QED) is 0.157. The Morgan fingerprint density at radius 2 is 1.48 bits per heavy atom. The van der Waals surface area contributed by atoms with Crippen molar-refractivity contribution < 1.29 is 52.1 Å². The summed E-state index contributed by atoms with van der Waals surface area (Å²) in [6.07, 6.45) is 4.19. The molecule has 0 aliphatic carbocycles. The molecule has 0 aromatic heterocycles. The molecule has 0 saturated heterocycles. The van der Waals surface area contributed by atoms with Crippen LogP contribution >= 0.6 is 23.2 Å². The fourth-order valence-electron chi connectivity index (χ4n) is 5.03. The van der Waals surface area contributed by atoms with Gasteiger partial charge in [0.2, 0.25) is 5.91 Å². The van der Waals surface area contributed by atoms with Gasteiger partial charge >= 0.3 is 29.6 Å². The van der Waals surface area contributed by atoms with Crippen LogP contribution in [0.25, 0.3) is 17.2 Å². The molecule has 4 aromatic rings. The third kappa shape index (κ3) is 11.6. The maximum atomic E-state index is 14.0. The molecule has 0 spiro atoms. The van der Waals surface area contributed by atoms with E-state index in [0.717, 1.165) is 27.8 Å². The Morgan fingerprint density at radius 3 is 2.04 bits per heavy atom. The standard InChI is InChI=1S/C37H38Cl2N2O5S.Na/c1-24(26-9-11-29(12-10-26)35(42)40-21-22-47(44,45)46)34(28-7-5-25(6-8-28)19-20-37(2,3)4)36(43)41-31-16-13-27(14-17-31)32-18-15-30(38)23-33(32)39;/h5-20,23-24,34H,21-22H2,1-4H3,(H,40,42)(H,41,43)(H,44,45,46);/q;+1/p-1/b20-19+;. The number of rotatable bonds is 11. The number of carbonyl (C=O) groups is 2. The zero-order valence-corrected chi connectivity index (χ0v) is 31.9. The Labute approximate surface area is 315 Å². The summed E-state index contributed by atoms with van der Waals surface area (Å²) in [6, 6.07) is 27.4. The van der Waals surface area contributed by atoms with E-state index in [1.54, 1.807) is 36.4 Å². The Hall–Kier alpha value is -2.95. The van der Waals surface area contributed by atoms with Gasteiger partial charge in [0, 0.05) is 33.4 Å². The topological polar surface area (TPSA) is 115 Å². The van der Waals surface area contributed by atoms with E-state index < -0.39 is 27.7 Å². The zero-order valence-electron chi connectivity index (χ0n) is 27.6. The smallest absolute Gasteiger partial charge is 0.748 e. The van der Waals surface area contributed by atoms with Gasteiger partial charge in [-0.25, -0.2) is 8.42 Å². The maximum Gasteiger partial charge on any atom is 1.00 e. The number of hydrogen-bond donors (Lipinski definition) is 2. The predicted octanol–water partition coefficient (Wildman–Crippen LogP) is 5.52. The first-order valence-electron chi connectivity index (χ1n) is 15.1. The summed E-state index contributed by atoms with van der Waals surface area (Å²) in [6.45, 7) is 8.06. The van der Waals surface area contributed by atoms with Gasteiger partial charge in [-0.1, -0.05) is 118 Å². The van der Waals surface area contributed by atoms with E-state index in [0.29, 0.717) is 21.3 Å². The number of halogens is 2. The second kappa shape index (κ2) is 17.1. The second-order valence-corrected chi connectivity index (χ2v) is 14.8. The Balaban J connectivity index is 0.00000625. The number of anilines is 1. The third-order valence-corrected chi connectivity index (χ3v) is 8.84. The van der Waals surface area contributed by atoms with Gasteiger partial charge in [-0.15, -0.1) is 0 Å². The van der Waals surface area contributed by atoms with E-state index in [2.05, 4.69) is 43.6 Å². The molecule has 246 valence electrons. The molecule has 2 unspecified atom stereocenters. The summed E-state index contributed by atoms with van der Waals surface area (Å²) >= 11 is 12.4. The fraction of sp³-hybridized carbons (Fsp3) is 0.243. The molecule has 48 heavy (non-hydrogen) atoms. The van der Waals surface area contributed by atoms with Crippen LogP contribution in [0.2, 0.25) is 10.0 Å². The number of carbonyl (C=O) groups excluding carboxylic acids is 2. The van der Waals surface area contributed by atoms with Crippen molar-refractivity contribution in [1.29, 1.82) is 0 Å². The molecule has 2 N–H and O–H groups in total. The molecular formula is C37H37Cl2N2NaO5S. The van der Waals surface area contributed by atoms with Crippen molar-refractivity contribution in [3.05, 3.63) is 129 Å². The molecule has 0 fully saturated rings.